The van der Waals surface area contributed by atoms with Crippen LogP contribution in [0.15, 0.2) is 164 Å². The largest absolute Gasteiger partial charge is 0.507 e. The molecule has 8 aromatic carbocycles. The van der Waals surface area contributed by atoms with E-state index in [9.17, 15) is 5.11 Å². The number of para-hydroxylation sites is 2. The molecule has 0 saturated heterocycles. The lowest BCUT2D eigenvalue weighted by molar-refractivity contribution is 0.484. The Kier molecular flexibility index (Phi) is 6.56. The van der Waals surface area contributed by atoms with Gasteiger partial charge in [-0.3, -0.25) is 4.40 Å². The van der Waals surface area contributed by atoms with Crippen molar-refractivity contribution < 1.29 is 5.11 Å². The van der Waals surface area contributed by atoms with Gasteiger partial charge in [0.1, 0.15) is 11.4 Å². The van der Waals surface area contributed by atoms with Crippen LogP contribution in [-0.2, 0) is 5.41 Å². The molecule has 0 amide bonds. The first-order valence-electron chi connectivity index (χ1n) is 19.9. The van der Waals surface area contributed by atoms with E-state index in [0.29, 0.717) is 5.75 Å². The van der Waals surface area contributed by atoms with Crippen LogP contribution < -0.4 is 16.4 Å². The molecule has 0 unspecified atom stereocenters. The highest BCUT2D eigenvalue weighted by Crippen LogP contribution is 2.46. The molecule has 0 bridgehead atoms. The Bertz CT molecular complexity index is 3350. The Labute approximate surface area is 331 Å². The van der Waals surface area contributed by atoms with E-state index in [-0.39, 0.29) is 12.1 Å². The number of aromatic hydroxyl groups is 1. The van der Waals surface area contributed by atoms with Gasteiger partial charge in [-0.1, -0.05) is 177 Å². The molecule has 0 saturated carbocycles. The fraction of sp³-hybridized carbons (Fsp3) is 0.0755. The highest BCUT2D eigenvalue weighted by Gasteiger charge is 2.43. The number of nitrogens with zero attached hydrogens (tertiary/aromatic N) is 2. The lowest BCUT2D eigenvalue weighted by atomic mass is 9.41. The minimum absolute atomic E-state index is 0.0791. The number of phenolic OH excluding ortho intramolecular Hbond substituents is 1. The lowest BCUT2D eigenvalue weighted by Crippen LogP contribution is -2.45. The lowest BCUT2D eigenvalue weighted by Gasteiger charge is -2.22. The summed E-state index contributed by atoms with van der Waals surface area (Å²) in [6.07, 6.45) is 0. The van der Waals surface area contributed by atoms with Crippen LogP contribution in [0.5, 0.6) is 5.75 Å². The average molecular weight is 729 g/mol. The second kappa shape index (κ2) is 11.6. The topological polar surface area (TPSA) is 37.5 Å². The van der Waals surface area contributed by atoms with Crippen molar-refractivity contribution in [2.75, 3.05) is 0 Å². The summed E-state index contributed by atoms with van der Waals surface area (Å²) < 4.78 is 2.27. The zero-order valence-corrected chi connectivity index (χ0v) is 32.0. The van der Waals surface area contributed by atoms with Gasteiger partial charge in [-0.25, -0.2) is 4.98 Å². The van der Waals surface area contributed by atoms with E-state index in [1.807, 2.05) is 0 Å². The van der Waals surface area contributed by atoms with E-state index in [4.69, 9.17) is 4.98 Å². The Morgan fingerprint density at radius 1 is 0.509 bits per heavy atom. The number of pyridine rings is 1. The number of imidazole rings is 1. The van der Waals surface area contributed by atoms with E-state index in [2.05, 4.69) is 189 Å². The van der Waals surface area contributed by atoms with E-state index in [0.717, 1.165) is 60.6 Å². The maximum Gasteiger partial charge on any atom is 0.244 e. The Morgan fingerprint density at radius 3 is 2.00 bits per heavy atom. The maximum absolute atomic E-state index is 12.7. The molecule has 57 heavy (non-hydrogen) atoms. The van der Waals surface area contributed by atoms with Gasteiger partial charge in [0, 0.05) is 16.5 Å². The van der Waals surface area contributed by atoms with Gasteiger partial charge in [-0.2, -0.15) is 0 Å². The second-order valence-corrected chi connectivity index (χ2v) is 16.9. The predicted molar refractivity (Wildman–Crippen MR) is 240 cm³/mol. The van der Waals surface area contributed by atoms with Crippen LogP contribution >= 0.6 is 0 Å². The molecule has 2 aliphatic heterocycles. The van der Waals surface area contributed by atoms with Crippen LogP contribution in [0.25, 0.3) is 94.0 Å². The predicted octanol–water partition coefficient (Wildman–Crippen LogP) is 11.3. The van der Waals surface area contributed by atoms with E-state index < -0.39 is 0 Å². The number of hydrogen-bond acceptors (Lipinski definition) is 2. The van der Waals surface area contributed by atoms with Crippen LogP contribution in [0.2, 0.25) is 0 Å². The number of fused-ring (bicyclic) bond motifs is 14. The normalized spacial score (nSPS) is 12.9. The van der Waals surface area contributed by atoms with Crippen LogP contribution in [0.4, 0.5) is 0 Å². The molecule has 268 valence electrons. The third-order valence-electron chi connectivity index (χ3n) is 12.6. The van der Waals surface area contributed by atoms with Gasteiger partial charge in [-0.05, 0) is 85.1 Å². The van der Waals surface area contributed by atoms with Gasteiger partial charge < -0.3 is 5.11 Å². The molecule has 0 radical (unpaired) electrons. The highest BCUT2D eigenvalue weighted by molar-refractivity contribution is 7.02. The van der Waals surface area contributed by atoms with Gasteiger partial charge in [-0.15, -0.1) is 0 Å². The number of aromatic nitrogens is 2. The van der Waals surface area contributed by atoms with Crippen LogP contribution in [0.3, 0.4) is 0 Å². The van der Waals surface area contributed by atoms with Gasteiger partial charge in [0.2, 0.25) is 6.71 Å². The molecular formula is C53H37BN2O. The molecule has 4 heterocycles. The number of rotatable bonds is 3. The monoisotopic (exact) mass is 728 g/mol. The molecule has 10 aromatic rings. The summed E-state index contributed by atoms with van der Waals surface area (Å²) >= 11 is 0. The maximum atomic E-state index is 12.7. The van der Waals surface area contributed by atoms with Crippen LogP contribution in [0.1, 0.15) is 26.3 Å². The van der Waals surface area contributed by atoms with Crippen molar-refractivity contribution in [3.63, 3.8) is 0 Å². The minimum Gasteiger partial charge on any atom is -0.507 e. The molecule has 0 fully saturated rings. The molecule has 0 aliphatic carbocycles. The van der Waals surface area contributed by atoms with E-state index in [1.54, 1.807) is 0 Å². The number of phenols is 1. The fourth-order valence-corrected chi connectivity index (χ4v) is 9.97. The van der Waals surface area contributed by atoms with Crippen LogP contribution in [-0.4, -0.2) is 21.2 Å². The van der Waals surface area contributed by atoms with Crippen molar-refractivity contribution in [3.05, 3.63) is 169 Å². The first-order chi connectivity index (χ1) is 27.8. The second-order valence-electron chi connectivity index (χ2n) is 16.9. The Hall–Kier alpha value is -6.91. The van der Waals surface area contributed by atoms with Crippen molar-refractivity contribution >= 4 is 61.5 Å². The summed E-state index contributed by atoms with van der Waals surface area (Å²) in [5.74, 6) is 0.311. The number of benzene rings is 8. The summed E-state index contributed by atoms with van der Waals surface area (Å²) in [7, 11) is 0. The summed E-state index contributed by atoms with van der Waals surface area (Å²) in [6, 6.07) is 59.2. The molecule has 0 atom stereocenters. The van der Waals surface area contributed by atoms with Gasteiger partial charge in [0.25, 0.3) is 0 Å². The molecule has 4 heteroatoms. The van der Waals surface area contributed by atoms with Crippen molar-refractivity contribution in [2.45, 2.75) is 26.2 Å². The van der Waals surface area contributed by atoms with E-state index >= 15 is 0 Å². The zero-order chi connectivity index (χ0) is 38.2. The first kappa shape index (κ1) is 32.3. The van der Waals surface area contributed by atoms with Crippen molar-refractivity contribution in [3.8, 4) is 61.4 Å². The van der Waals surface area contributed by atoms with Crippen molar-refractivity contribution in [2.24, 2.45) is 0 Å². The molecule has 12 rings (SSSR count). The molecule has 1 N–H and O–H groups in total. The standard InChI is InChI=1S/C53H37BN2O/c1-53(2,3)36-28-34(33-17-11-16-32(26-33)31-14-5-4-6-15-31)27-35(29-36)37-20-13-25-46-50(37)55-52-48-42(39-19-8-10-24-45(39)56(46)52)30-44-47(51(48)57)41-22-12-21-40-38-18-7-9-23-43(38)54(44)49(40)41/h4-30,57H,1-3H3. The minimum atomic E-state index is -0.0791. The first-order valence-corrected chi connectivity index (χ1v) is 19.9. The molecule has 3 nitrogen and oxygen atoms in total. The van der Waals surface area contributed by atoms with Gasteiger partial charge in [0.05, 0.1) is 21.9 Å². The third-order valence-corrected chi connectivity index (χ3v) is 12.6. The Morgan fingerprint density at radius 2 is 1.14 bits per heavy atom. The van der Waals surface area contributed by atoms with Crippen LogP contribution in [0, 0.1) is 0 Å². The third kappa shape index (κ3) is 4.53. The average Bonchev–Trinajstić information content (AvgIpc) is 3.91. The van der Waals surface area contributed by atoms with Gasteiger partial charge >= 0.3 is 0 Å². The SMILES string of the molecule is CC(C)(C)c1cc(-c2cccc(-c3ccccc3)c2)cc(-c2cccc3c2nc2c4c(O)c5c(cc4c4ccccc4n32)B2c3ccccc3-c3cccc-5c32)c1. The van der Waals surface area contributed by atoms with Crippen molar-refractivity contribution in [1.29, 1.82) is 0 Å². The summed E-state index contributed by atoms with van der Waals surface area (Å²) in [6.45, 7) is 6.94. The summed E-state index contributed by atoms with van der Waals surface area (Å²) in [5, 5.41) is 15.6. The van der Waals surface area contributed by atoms with Crippen molar-refractivity contribution in [1.82, 2.24) is 9.38 Å². The fourth-order valence-electron chi connectivity index (χ4n) is 9.97. The van der Waals surface area contributed by atoms with Gasteiger partial charge in [0.15, 0.2) is 0 Å². The smallest absolute Gasteiger partial charge is 0.244 e. The zero-order valence-electron chi connectivity index (χ0n) is 32.0. The molecule has 2 aliphatic rings. The summed E-state index contributed by atoms with van der Waals surface area (Å²) in [5.41, 5.74) is 20.3. The highest BCUT2D eigenvalue weighted by atomic mass is 16.3. The van der Waals surface area contributed by atoms with E-state index in [1.165, 1.54) is 55.3 Å². The Balaban J connectivity index is 1.13. The molecule has 0 spiro atoms. The summed E-state index contributed by atoms with van der Waals surface area (Å²) in [4.78, 5) is 5.55. The number of hydrogen-bond donors (Lipinski definition) is 1. The quantitative estimate of drug-likeness (QED) is 0.145. The molecular weight excluding hydrogens is 691 g/mol. The molecule has 2 aromatic heterocycles.